The van der Waals surface area contributed by atoms with E-state index in [2.05, 4.69) is 36.1 Å². The van der Waals surface area contributed by atoms with Crippen molar-refractivity contribution < 1.29 is 4.42 Å². The zero-order valence-corrected chi connectivity index (χ0v) is 9.66. The molecule has 1 rings (SSSR count). The first-order valence-electron chi connectivity index (χ1n) is 4.85. The molecule has 1 heterocycles. The van der Waals surface area contributed by atoms with Crippen molar-refractivity contribution in [1.82, 2.24) is 10.3 Å². The predicted molar refractivity (Wildman–Crippen MR) is 59.6 cm³/mol. The molecule has 0 aliphatic heterocycles. The van der Waals surface area contributed by atoms with Crippen molar-refractivity contribution >= 4 is 5.96 Å². The number of aromatic nitrogens is 1. The highest BCUT2D eigenvalue weighted by Crippen LogP contribution is 2.22. The SMILES string of the molecule is CN=C(N)NCc1ncc(C(C)(C)C)o1. The van der Waals surface area contributed by atoms with Crippen molar-refractivity contribution in [2.75, 3.05) is 7.05 Å². The predicted octanol–water partition coefficient (Wildman–Crippen LogP) is 1.01. The quantitative estimate of drug-likeness (QED) is 0.564. The Kier molecular flexibility index (Phi) is 3.34. The molecule has 0 spiro atoms. The zero-order chi connectivity index (χ0) is 11.5. The monoisotopic (exact) mass is 210 g/mol. The van der Waals surface area contributed by atoms with Crippen LogP contribution in [0.25, 0.3) is 0 Å². The van der Waals surface area contributed by atoms with Gasteiger partial charge in [0.1, 0.15) is 5.76 Å². The smallest absolute Gasteiger partial charge is 0.213 e. The molecule has 0 saturated heterocycles. The lowest BCUT2D eigenvalue weighted by atomic mass is 9.94. The Balaban J connectivity index is 2.62. The maximum Gasteiger partial charge on any atom is 0.213 e. The first-order valence-corrected chi connectivity index (χ1v) is 4.85. The summed E-state index contributed by atoms with van der Waals surface area (Å²) < 4.78 is 5.56. The van der Waals surface area contributed by atoms with Crippen LogP contribution in [0.2, 0.25) is 0 Å². The molecule has 0 aliphatic carbocycles. The van der Waals surface area contributed by atoms with E-state index < -0.39 is 0 Å². The fourth-order valence-corrected chi connectivity index (χ4v) is 0.984. The van der Waals surface area contributed by atoms with Gasteiger partial charge in [-0.2, -0.15) is 0 Å². The molecule has 5 nitrogen and oxygen atoms in total. The molecule has 0 radical (unpaired) electrons. The third-order valence-electron chi connectivity index (χ3n) is 1.95. The van der Waals surface area contributed by atoms with Gasteiger partial charge in [0.2, 0.25) is 5.89 Å². The highest BCUT2D eigenvalue weighted by molar-refractivity contribution is 5.77. The summed E-state index contributed by atoms with van der Waals surface area (Å²) in [5.41, 5.74) is 5.46. The van der Waals surface area contributed by atoms with Crippen LogP contribution in [0.4, 0.5) is 0 Å². The molecule has 5 heteroatoms. The second-order valence-electron chi connectivity index (χ2n) is 4.33. The highest BCUT2D eigenvalue weighted by atomic mass is 16.4. The first kappa shape index (κ1) is 11.6. The van der Waals surface area contributed by atoms with E-state index in [-0.39, 0.29) is 5.41 Å². The van der Waals surface area contributed by atoms with Gasteiger partial charge in [0, 0.05) is 12.5 Å². The van der Waals surface area contributed by atoms with E-state index in [9.17, 15) is 0 Å². The van der Waals surface area contributed by atoms with E-state index in [0.29, 0.717) is 18.4 Å². The van der Waals surface area contributed by atoms with Gasteiger partial charge in [0.05, 0.1) is 12.7 Å². The largest absolute Gasteiger partial charge is 0.443 e. The maximum absolute atomic E-state index is 5.56. The van der Waals surface area contributed by atoms with Crippen molar-refractivity contribution in [1.29, 1.82) is 0 Å². The second kappa shape index (κ2) is 4.33. The minimum Gasteiger partial charge on any atom is -0.443 e. The van der Waals surface area contributed by atoms with Crippen LogP contribution >= 0.6 is 0 Å². The van der Waals surface area contributed by atoms with Gasteiger partial charge in [-0.25, -0.2) is 4.98 Å². The van der Waals surface area contributed by atoms with Crippen molar-refractivity contribution in [3.63, 3.8) is 0 Å². The Morgan fingerprint density at radius 1 is 1.60 bits per heavy atom. The van der Waals surface area contributed by atoms with Gasteiger partial charge in [-0.3, -0.25) is 4.99 Å². The number of aliphatic imine (C=N–C) groups is 1. The van der Waals surface area contributed by atoms with Gasteiger partial charge < -0.3 is 15.5 Å². The third kappa shape index (κ3) is 3.27. The first-order chi connectivity index (χ1) is 6.93. The van der Waals surface area contributed by atoms with Crippen molar-refractivity contribution in [3.8, 4) is 0 Å². The lowest BCUT2D eigenvalue weighted by Crippen LogP contribution is -2.30. The summed E-state index contributed by atoms with van der Waals surface area (Å²) in [4.78, 5) is 7.92. The summed E-state index contributed by atoms with van der Waals surface area (Å²) in [6.45, 7) is 6.69. The average Bonchev–Trinajstić information content (AvgIpc) is 2.61. The molecule has 1 aromatic heterocycles. The van der Waals surface area contributed by atoms with Crippen molar-refractivity contribution in [2.24, 2.45) is 10.7 Å². The second-order valence-corrected chi connectivity index (χ2v) is 4.33. The van der Waals surface area contributed by atoms with Crippen LogP contribution in [-0.4, -0.2) is 18.0 Å². The number of hydrogen-bond donors (Lipinski definition) is 2. The molecule has 84 valence electrons. The minimum atomic E-state index is -0.0182. The van der Waals surface area contributed by atoms with E-state index in [0.717, 1.165) is 5.76 Å². The minimum absolute atomic E-state index is 0.0182. The van der Waals surface area contributed by atoms with Gasteiger partial charge in [-0.1, -0.05) is 20.8 Å². The topological polar surface area (TPSA) is 76.4 Å². The van der Waals surface area contributed by atoms with E-state index in [1.165, 1.54) is 0 Å². The van der Waals surface area contributed by atoms with Crippen molar-refractivity contribution in [2.45, 2.75) is 32.7 Å². The zero-order valence-electron chi connectivity index (χ0n) is 9.66. The number of guanidine groups is 1. The van der Waals surface area contributed by atoms with E-state index in [1.807, 2.05) is 0 Å². The van der Waals surface area contributed by atoms with E-state index in [4.69, 9.17) is 10.2 Å². The van der Waals surface area contributed by atoms with Crippen LogP contribution < -0.4 is 11.1 Å². The summed E-state index contributed by atoms with van der Waals surface area (Å²) in [7, 11) is 1.62. The summed E-state index contributed by atoms with van der Waals surface area (Å²) in [6.07, 6.45) is 1.75. The fraction of sp³-hybridized carbons (Fsp3) is 0.600. The molecular formula is C10H18N4O. The molecule has 0 saturated carbocycles. The van der Waals surface area contributed by atoms with Gasteiger partial charge in [-0.05, 0) is 0 Å². The lowest BCUT2D eigenvalue weighted by Gasteiger charge is -2.13. The Labute approximate surface area is 89.8 Å². The van der Waals surface area contributed by atoms with Gasteiger partial charge in [0.25, 0.3) is 0 Å². The Hall–Kier alpha value is -1.52. The normalized spacial score (nSPS) is 12.9. The maximum atomic E-state index is 5.56. The van der Waals surface area contributed by atoms with Gasteiger partial charge in [0.15, 0.2) is 5.96 Å². The number of rotatable bonds is 2. The average molecular weight is 210 g/mol. The number of oxazole rings is 1. The molecule has 1 aromatic rings. The summed E-state index contributed by atoms with van der Waals surface area (Å²) in [5, 5.41) is 2.88. The van der Waals surface area contributed by atoms with Crippen molar-refractivity contribution in [3.05, 3.63) is 17.8 Å². The van der Waals surface area contributed by atoms with Crippen LogP contribution in [0, 0.1) is 0 Å². The Morgan fingerprint density at radius 2 is 2.27 bits per heavy atom. The third-order valence-corrected chi connectivity index (χ3v) is 1.95. The molecule has 0 aromatic carbocycles. The van der Waals surface area contributed by atoms with Gasteiger partial charge >= 0.3 is 0 Å². The number of nitrogens with one attached hydrogen (secondary N) is 1. The summed E-state index contributed by atoms with van der Waals surface area (Å²) in [5.74, 6) is 1.86. The highest BCUT2D eigenvalue weighted by Gasteiger charge is 2.18. The Bertz CT molecular complexity index is 349. The molecule has 15 heavy (non-hydrogen) atoms. The van der Waals surface area contributed by atoms with Gasteiger partial charge in [-0.15, -0.1) is 0 Å². The van der Waals surface area contributed by atoms with Crippen LogP contribution in [0.1, 0.15) is 32.4 Å². The van der Waals surface area contributed by atoms with E-state index in [1.54, 1.807) is 13.2 Å². The lowest BCUT2D eigenvalue weighted by molar-refractivity contribution is 0.380. The Morgan fingerprint density at radius 3 is 2.73 bits per heavy atom. The number of nitrogens with two attached hydrogens (primary N) is 1. The van der Waals surface area contributed by atoms with Crippen LogP contribution in [-0.2, 0) is 12.0 Å². The molecule has 0 amide bonds. The fourth-order valence-electron chi connectivity index (χ4n) is 0.984. The standard InChI is InChI=1S/C10H18N4O/c1-10(2,3)7-5-13-8(15-7)6-14-9(11)12-4/h5H,6H2,1-4H3,(H3,11,12,14). The molecule has 0 aliphatic rings. The molecule has 0 atom stereocenters. The van der Waals surface area contributed by atoms with Crippen LogP contribution in [0.5, 0.6) is 0 Å². The van der Waals surface area contributed by atoms with E-state index >= 15 is 0 Å². The summed E-state index contributed by atoms with van der Waals surface area (Å²) in [6, 6.07) is 0. The molecule has 0 unspecified atom stereocenters. The molecule has 0 bridgehead atoms. The number of hydrogen-bond acceptors (Lipinski definition) is 3. The summed E-state index contributed by atoms with van der Waals surface area (Å²) >= 11 is 0. The van der Waals surface area contributed by atoms with Crippen LogP contribution in [0.15, 0.2) is 15.6 Å². The number of nitrogens with zero attached hydrogens (tertiary/aromatic N) is 2. The molecular weight excluding hydrogens is 192 g/mol. The molecule has 0 fully saturated rings. The van der Waals surface area contributed by atoms with Crippen LogP contribution in [0.3, 0.4) is 0 Å². The molecule has 3 N–H and O–H groups in total.